The molecule has 2 rings (SSSR count). The number of alkyl halides is 1. The Morgan fingerprint density at radius 3 is 3.00 bits per heavy atom. The fraction of sp³-hybridized carbons (Fsp3) is 0.600. The molecule has 4 heteroatoms. The molecule has 106 valence electrons. The van der Waals surface area contributed by atoms with Crippen molar-refractivity contribution in [1.29, 1.82) is 0 Å². The smallest absolute Gasteiger partial charge is 0.154 e. The van der Waals surface area contributed by atoms with Crippen LogP contribution in [0.4, 0.5) is 10.1 Å². The maximum absolute atomic E-state index is 15.1. The van der Waals surface area contributed by atoms with Gasteiger partial charge in [0.05, 0.1) is 12.6 Å². The quantitative estimate of drug-likeness (QED) is 0.831. The maximum atomic E-state index is 15.1. The lowest BCUT2D eigenvalue weighted by molar-refractivity contribution is 0.0160. The Kier molecular flexibility index (Phi) is 4.77. The van der Waals surface area contributed by atoms with E-state index in [1.807, 2.05) is 18.2 Å². The zero-order valence-corrected chi connectivity index (χ0v) is 11.5. The van der Waals surface area contributed by atoms with Crippen LogP contribution in [0.3, 0.4) is 0 Å². The Balaban J connectivity index is 2.11. The van der Waals surface area contributed by atoms with E-state index in [-0.39, 0.29) is 12.6 Å². The molecule has 0 saturated heterocycles. The Bertz CT molecular complexity index is 413. The third-order valence-electron chi connectivity index (χ3n) is 3.85. The second-order valence-electron chi connectivity index (χ2n) is 5.25. The fourth-order valence-corrected chi connectivity index (χ4v) is 2.81. The Labute approximate surface area is 114 Å². The molecule has 19 heavy (non-hydrogen) atoms. The molecule has 1 aliphatic rings. The van der Waals surface area contributed by atoms with Gasteiger partial charge in [-0.3, -0.25) is 0 Å². The van der Waals surface area contributed by atoms with Crippen molar-refractivity contribution in [3.05, 3.63) is 29.8 Å². The predicted molar refractivity (Wildman–Crippen MR) is 76.2 cm³/mol. The summed E-state index contributed by atoms with van der Waals surface area (Å²) in [5.41, 5.74) is 6.47. The van der Waals surface area contributed by atoms with Crippen LogP contribution < -0.4 is 11.1 Å². The van der Waals surface area contributed by atoms with Gasteiger partial charge in [0.25, 0.3) is 0 Å². The lowest BCUT2D eigenvalue weighted by Gasteiger charge is -2.38. The molecule has 0 aromatic heterocycles. The van der Waals surface area contributed by atoms with Crippen LogP contribution in [-0.4, -0.2) is 32.0 Å². The number of fused-ring (bicyclic) bond motifs is 1. The number of nitrogens with one attached hydrogen (secondary N) is 1. The molecule has 3 N–H and O–H groups in total. The van der Waals surface area contributed by atoms with E-state index in [0.29, 0.717) is 19.4 Å². The minimum atomic E-state index is -1.35. The monoisotopic (exact) mass is 266 g/mol. The molecule has 0 spiro atoms. The first-order valence-corrected chi connectivity index (χ1v) is 6.92. The molecule has 2 atom stereocenters. The van der Waals surface area contributed by atoms with Crippen molar-refractivity contribution in [3.63, 3.8) is 0 Å². The highest BCUT2D eigenvalue weighted by Gasteiger charge is 2.40. The van der Waals surface area contributed by atoms with Crippen molar-refractivity contribution in [2.24, 2.45) is 5.73 Å². The molecule has 1 aromatic rings. The highest BCUT2D eigenvalue weighted by Crippen LogP contribution is 2.34. The van der Waals surface area contributed by atoms with Crippen LogP contribution >= 0.6 is 0 Å². The summed E-state index contributed by atoms with van der Waals surface area (Å²) in [6, 6.07) is 7.90. The standard InChI is InChI=1S/C15H23FN2O/c1-19-11-15(16,9-4-10-17)14-8-7-12-5-2-3-6-13(12)18-14/h2-3,5-6,14,18H,4,7-11,17H2,1H3. The average Bonchev–Trinajstić information content (AvgIpc) is 2.45. The minimum absolute atomic E-state index is 0.118. The van der Waals surface area contributed by atoms with Crippen molar-refractivity contribution in [2.75, 3.05) is 25.6 Å². The normalized spacial score (nSPS) is 21.3. The van der Waals surface area contributed by atoms with E-state index in [2.05, 4.69) is 11.4 Å². The first-order valence-electron chi connectivity index (χ1n) is 6.92. The molecule has 0 amide bonds. The summed E-state index contributed by atoms with van der Waals surface area (Å²) in [5, 5.41) is 3.34. The van der Waals surface area contributed by atoms with Crippen molar-refractivity contribution >= 4 is 5.69 Å². The summed E-state index contributed by atoms with van der Waals surface area (Å²) in [7, 11) is 1.55. The number of methoxy groups -OCH3 is 1. The molecular weight excluding hydrogens is 243 g/mol. The number of aryl methyl sites for hydroxylation is 1. The zero-order valence-electron chi connectivity index (χ0n) is 11.5. The number of benzene rings is 1. The largest absolute Gasteiger partial charge is 0.381 e. The summed E-state index contributed by atoms with van der Waals surface area (Å²) in [5.74, 6) is 0. The number of rotatable bonds is 6. The van der Waals surface area contributed by atoms with Crippen LogP contribution in [0, 0.1) is 0 Å². The van der Waals surface area contributed by atoms with Gasteiger partial charge in [-0.1, -0.05) is 18.2 Å². The highest BCUT2D eigenvalue weighted by molar-refractivity contribution is 5.54. The Morgan fingerprint density at radius 1 is 1.47 bits per heavy atom. The van der Waals surface area contributed by atoms with E-state index >= 15 is 4.39 Å². The molecule has 1 aliphatic heterocycles. The first kappa shape index (κ1) is 14.3. The lowest BCUT2D eigenvalue weighted by Crippen LogP contribution is -2.48. The van der Waals surface area contributed by atoms with Gasteiger partial charge in [-0.2, -0.15) is 0 Å². The predicted octanol–water partition coefficient (Wildman–Crippen LogP) is 2.51. The number of hydrogen-bond acceptors (Lipinski definition) is 3. The summed E-state index contributed by atoms with van der Waals surface area (Å²) in [6.07, 6.45) is 2.82. The van der Waals surface area contributed by atoms with E-state index in [4.69, 9.17) is 10.5 Å². The molecule has 0 radical (unpaired) electrons. The van der Waals surface area contributed by atoms with Crippen molar-refractivity contribution in [2.45, 2.75) is 37.4 Å². The fourth-order valence-electron chi connectivity index (χ4n) is 2.81. The van der Waals surface area contributed by atoms with Gasteiger partial charge < -0.3 is 15.8 Å². The number of hydrogen-bond donors (Lipinski definition) is 2. The average molecular weight is 266 g/mol. The summed E-state index contributed by atoms with van der Waals surface area (Å²) < 4.78 is 20.2. The van der Waals surface area contributed by atoms with Gasteiger partial charge in [-0.25, -0.2) is 4.39 Å². The lowest BCUT2D eigenvalue weighted by atomic mass is 9.84. The number of para-hydroxylation sites is 1. The van der Waals surface area contributed by atoms with Crippen LogP contribution in [0.1, 0.15) is 24.8 Å². The molecule has 0 fully saturated rings. The van der Waals surface area contributed by atoms with Crippen LogP contribution in [-0.2, 0) is 11.2 Å². The number of nitrogens with two attached hydrogens (primary N) is 1. The molecule has 0 bridgehead atoms. The molecule has 0 saturated carbocycles. The minimum Gasteiger partial charge on any atom is -0.381 e. The van der Waals surface area contributed by atoms with Crippen LogP contribution in [0.15, 0.2) is 24.3 Å². The first-order chi connectivity index (χ1) is 9.19. The van der Waals surface area contributed by atoms with Crippen molar-refractivity contribution in [3.8, 4) is 0 Å². The molecule has 1 heterocycles. The van der Waals surface area contributed by atoms with Gasteiger partial charge in [0, 0.05) is 12.8 Å². The Morgan fingerprint density at radius 2 is 2.26 bits per heavy atom. The van der Waals surface area contributed by atoms with Crippen LogP contribution in [0.2, 0.25) is 0 Å². The van der Waals surface area contributed by atoms with E-state index < -0.39 is 5.67 Å². The molecule has 1 aromatic carbocycles. The van der Waals surface area contributed by atoms with Gasteiger partial charge in [0.2, 0.25) is 0 Å². The molecular formula is C15H23FN2O. The van der Waals surface area contributed by atoms with E-state index in [1.54, 1.807) is 7.11 Å². The molecule has 2 unspecified atom stereocenters. The van der Waals surface area contributed by atoms with E-state index in [0.717, 1.165) is 18.5 Å². The van der Waals surface area contributed by atoms with E-state index in [9.17, 15) is 0 Å². The van der Waals surface area contributed by atoms with Crippen LogP contribution in [0.5, 0.6) is 0 Å². The summed E-state index contributed by atoms with van der Waals surface area (Å²) >= 11 is 0. The maximum Gasteiger partial charge on any atom is 0.154 e. The topological polar surface area (TPSA) is 47.3 Å². The number of ether oxygens (including phenoxy) is 1. The number of halogens is 1. The third kappa shape index (κ3) is 3.25. The van der Waals surface area contributed by atoms with Gasteiger partial charge in [0.1, 0.15) is 0 Å². The summed E-state index contributed by atoms with van der Waals surface area (Å²) in [4.78, 5) is 0. The van der Waals surface area contributed by atoms with Gasteiger partial charge in [-0.05, 0) is 43.9 Å². The van der Waals surface area contributed by atoms with E-state index in [1.165, 1.54) is 5.56 Å². The van der Waals surface area contributed by atoms with Gasteiger partial charge in [0.15, 0.2) is 5.67 Å². The zero-order chi connectivity index (χ0) is 13.7. The van der Waals surface area contributed by atoms with Gasteiger partial charge >= 0.3 is 0 Å². The summed E-state index contributed by atoms with van der Waals surface area (Å²) in [6.45, 7) is 0.630. The molecule has 0 aliphatic carbocycles. The Hall–Kier alpha value is -1.13. The number of anilines is 1. The van der Waals surface area contributed by atoms with Crippen molar-refractivity contribution in [1.82, 2.24) is 0 Å². The third-order valence-corrected chi connectivity index (χ3v) is 3.85. The second-order valence-corrected chi connectivity index (χ2v) is 5.25. The second kappa shape index (κ2) is 6.35. The SMILES string of the molecule is COCC(F)(CCCN)C1CCc2ccccc2N1. The van der Waals surface area contributed by atoms with Gasteiger partial charge in [-0.15, -0.1) is 0 Å². The highest BCUT2D eigenvalue weighted by atomic mass is 19.1. The molecule has 3 nitrogen and oxygen atoms in total. The van der Waals surface area contributed by atoms with Crippen LogP contribution in [0.25, 0.3) is 0 Å². The van der Waals surface area contributed by atoms with Crippen molar-refractivity contribution < 1.29 is 9.13 Å².